The summed E-state index contributed by atoms with van der Waals surface area (Å²) in [5.74, 6) is -0.255. The molecule has 0 radical (unpaired) electrons. The fourth-order valence-corrected chi connectivity index (χ4v) is 5.13. The first-order valence-electron chi connectivity index (χ1n) is 9.90. The summed E-state index contributed by atoms with van der Waals surface area (Å²) >= 11 is 0. The second kappa shape index (κ2) is 8.86. The molecule has 30 heavy (non-hydrogen) atoms. The molecule has 2 aromatic rings. The second-order valence-corrected chi connectivity index (χ2v) is 9.83. The summed E-state index contributed by atoms with van der Waals surface area (Å²) in [5, 5.41) is 7.65. The van der Waals surface area contributed by atoms with Gasteiger partial charge in [0.1, 0.15) is 0 Å². The molecule has 1 aliphatic heterocycles. The monoisotopic (exact) mass is 439 g/mol. The van der Waals surface area contributed by atoms with Crippen LogP contribution in [0, 0.1) is 13.8 Å². The Morgan fingerprint density at radius 3 is 2.63 bits per heavy atom. The van der Waals surface area contributed by atoms with Crippen molar-refractivity contribution in [2.24, 2.45) is 7.05 Å². The van der Waals surface area contributed by atoms with Crippen LogP contribution in [0.2, 0.25) is 0 Å². The van der Waals surface area contributed by atoms with Crippen LogP contribution >= 0.6 is 0 Å². The van der Waals surface area contributed by atoms with Crippen molar-refractivity contribution in [1.82, 2.24) is 24.4 Å². The quantitative estimate of drug-likeness (QED) is 0.669. The van der Waals surface area contributed by atoms with E-state index in [1.807, 2.05) is 33.8 Å². The number of sulfonamides is 1. The molecule has 3 rings (SSSR count). The average molecular weight is 440 g/mol. The minimum atomic E-state index is -3.47. The molecule has 11 heteroatoms. The lowest BCUT2D eigenvalue weighted by molar-refractivity contribution is -0.123. The Kier molecular flexibility index (Phi) is 6.63. The summed E-state index contributed by atoms with van der Waals surface area (Å²) in [7, 11) is -1.71. The van der Waals surface area contributed by atoms with Crippen molar-refractivity contribution in [2.75, 3.05) is 32.0 Å². The van der Waals surface area contributed by atoms with Crippen LogP contribution in [0.4, 0.5) is 0 Å². The van der Waals surface area contributed by atoms with Crippen LogP contribution in [0.25, 0.3) is 11.0 Å². The van der Waals surface area contributed by atoms with Gasteiger partial charge in [-0.2, -0.15) is 4.31 Å². The van der Waals surface area contributed by atoms with Crippen LogP contribution in [0.5, 0.6) is 5.88 Å². The number of aryl methyl sites for hydroxylation is 3. The van der Waals surface area contributed by atoms with Crippen molar-refractivity contribution in [1.29, 1.82) is 0 Å². The third-order valence-electron chi connectivity index (χ3n) is 4.89. The topological polar surface area (TPSA) is 116 Å². The van der Waals surface area contributed by atoms with Crippen molar-refractivity contribution in [3.63, 3.8) is 0 Å². The second-order valence-electron chi connectivity index (χ2n) is 7.74. The number of carbonyl (C=O) groups is 1. The Labute approximate surface area is 176 Å². The largest absolute Gasteiger partial charge is 0.466 e. The number of ether oxygens (including phenoxy) is 2. The van der Waals surface area contributed by atoms with Gasteiger partial charge in [-0.1, -0.05) is 0 Å². The molecule has 0 aromatic carbocycles. The number of morpholine rings is 1. The Balaban J connectivity index is 1.53. The molecule has 1 fully saturated rings. The third-order valence-corrected chi connectivity index (χ3v) is 6.69. The molecule has 1 aliphatic rings. The van der Waals surface area contributed by atoms with Gasteiger partial charge >= 0.3 is 0 Å². The lowest BCUT2D eigenvalue weighted by Gasteiger charge is -2.34. The summed E-state index contributed by atoms with van der Waals surface area (Å²) in [6, 6.07) is 1.93. The van der Waals surface area contributed by atoms with E-state index in [2.05, 4.69) is 15.4 Å². The highest BCUT2D eigenvalue weighted by Gasteiger charge is 2.30. The van der Waals surface area contributed by atoms with E-state index in [1.165, 1.54) is 4.31 Å². The fourth-order valence-electron chi connectivity index (χ4n) is 3.64. The molecule has 1 saturated heterocycles. The highest BCUT2D eigenvalue weighted by atomic mass is 32.2. The van der Waals surface area contributed by atoms with Crippen LogP contribution in [0.1, 0.15) is 25.1 Å². The van der Waals surface area contributed by atoms with E-state index >= 15 is 0 Å². The summed E-state index contributed by atoms with van der Waals surface area (Å²) < 4.78 is 39.2. The van der Waals surface area contributed by atoms with Gasteiger partial charge in [-0.25, -0.2) is 18.1 Å². The maximum absolute atomic E-state index is 12.5. The Morgan fingerprint density at radius 1 is 1.30 bits per heavy atom. The van der Waals surface area contributed by atoms with Crippen LogP contribution in [0.15, 0.2) is 6.07 Å². The molecule has 166 valence electrons. The van der Waals surface area contributed by atoms with Gasteiger partial charge in [0.05, 0.1) is 23.3 Å². The first-order valence-corrected chi connectivity index (χ1v) is 11.5. The van der Waals surface area contributed by atoms with Crippen LogP contribution < -0.4 is 10.1 Å². The number of amides is 1. The molecule has 1 N–H and O–H groups in total. The van der Waals surface area contributed by atoms with Crippen molar-refractivity contribution in [2.45, 2.75) is 39.9 Å². The molecule has 10 nitrogen and oxygen atoms in total. The minimum absolute atomic E-state index is 0.00733. The summed E-state index contributed by atoms with van der Waals surface area (Å²) in [6.45, 7) is 7.92. The number of hydrogen-bond acceptors (Lipinski definition) is 7. The zero-order valence-electron chi connectivity index (χ0n) is 18.0. The molecule has 0 bridgehead atoms. The molecule has 3 heterocycles. The number of nitrogens with zero attached hydrogens (tertiary/aromatic N) is 4. The van der Waals surface area contributed by atoms with Crippen LogP contribution in [-0.2, 0) is 26.6 Å². The summed E-state index contributed by atoms with van der Waals surface area (Å²) in [6.07, 6.45) is -0.303. The zero-order valence-corrected chi connectivity index (χ0v) is 18.8. The van der Waals surface area contributed by atoms with E-state index in [1.54, 1.807) is 11.7 Å². The number of carbonyl (C=O) groups excluding carboxylic acids is 1. The van der Waals surface area contributed by atoms with Gasteiger partial charge in [0, 0.05) is 32.4 Å². The van der Waals surface area contributed by atoms with Gasteiger partial charge in [0.15, 0.2) is 12.3 Å². The number of aromatic nitrogens is 3. The smallest absolute Gasteiger partial charge is 0.258 e. The van der Waals surface area contributed by atoms with Gasteiger partial charge in [0.25, 0.3) is 5.91 Å². The van der Waals surface area contributed by atoms with Gasteiger partial charge in [-0.05, 0) is 39.3 Å². The van der Waals surface area contributed by atoms with Gasteiger partial charge in [-0.3, -0.25) is 4.79 Å². The highest BCUT2D eigenvalue weighted by molar-refractivity contribution is 7.89. The number of pyridine rings is 1. The van der Waals surface area contributed by atoms with E-state index in [-0.39, 0.29) is 31.1 Å². The lowest BCUT2D eigenvalue weighted by Crippen LogP contribution is -2.49. The number of nitrogens with one attached hydrogen (secondary N) is 1. The molecule has 2 aromatic heterocycles. The Hall–Kier alpha value is -2.24. The molecule has 1 amide bonds. The SMILES string of the molecule is Cc1cc(C)c2c(OCC(=O)NCCS(=O)(=O)N3CC(C)OC(C)C3)nn(C)c2n1. The van der Waals surface area contributed by atoms with E-state index < -0.39 is 15.9 Å². The zero-order chi connectivity index (χ0) is 22.1. The third kappa shape index (κ3) is 5.08. The maximum atomic E-state index is 12.5. The molecule has 2 unspecified atom stereocenters. The van der Waals surface area contributed by atoms with E-state index in [9.17, 15) is 13.2 Å². The van der Waals surface area contributed by atoms with Crippen molar-refractivity contribution in [3.8, 4) is 5.88 Å². The molecule has 2 atom stereocenters. The van der Waals surface area contributed by atoms with Crippen LogP contribution in [0.3, 0.4) is 0 Å². The maximum Gasteiger partial charge on any atom is 0.258 e. The molecular weight excluding hydrogens is 410 g/mol. The Bertz CT molecular complexity index is 1030. The standard InChI is InChI=1S/C19H29N5O5S/c1-12-8-13(2)21-18-17(12)19(22-23(18)5)28-11-16(25)20-6-7-30(26,27)24-9-14(3)29-15(4)10-24/h8,14-15H,6-7,9-11H2,1-5H3,(H,20,25). The van der Waals surface area contributed by atoms with Crippen LogP contribution in [-0.4, -0.2) is 77.6 Å². The van der Waals surface area contributed by atoms with Gasteiger partial charge < -0.3 is 14.8 Å². The predicted octanol–water partition coefficient (Wildman–Crippen LogP) is 0.519. The molecular formula is C19H29N5O5S. The normalized spacial score (nSPS) is 20.4. The highest BCUT2D eigenvalue weighted by Crippen LogP contribution is 2.26. The van der Waals surface area contributed by atoms with Crippen molar-refractivity contribution >= 4 is 27.0 Å². The number of rotatable bonds is 7. The lowest BCUT2D eigenvalue weighted by atomic mass is 10.2. The molecule has 0 aliphatic carbocycles. The summed E-state index contributed by atoms with van der Waals surface area (Å²) in [4.78, 5) is 16.6. The Morgan fingerprint density at radius 2 is 1.97 bits per heavy atom. The average Bonchev–Trinajstić information content (AvgIpc) is 2.95. The van der Waals surface area contributed by atoms with E-state index in [0.717, 1.165) is 16.6 Å². The van der Waals surface area contributed by atoms with E-state index in [0.29, 0.717) is 24.6 Å². The number of hydrogen-bond donors (Lipinski definition) is 1. The van der Waals surface area contributed by atoms with E-state index in [4.69, 9.17) is 9.47 Å². The minimum Gasteiger partial charge on any atom is -0.466 e. The molecule has 0 saturated carbocycles. The number of fused-ring (bicyclic) bond motifs is 1. The van der Waals surface area contributed by atoms with Gasteiger partial charge in [-0.15, -0.1) is 5.10 Å². The first-order chi connectivity index (χ1) is 14.1. The summed E-state index contributed by atoms with van der Waals surface area (Å²) in [5.41, 5.74) is 2.52. The predicted molar refractivity (Wildman–Crippen MR) is 112 cm³/mol. The first kappa shape index (κ1) is 22.4. The molecule has 0 spiro atoms. The van der Waals surface area contributed by atoms with Crippen molar-refractivity contribution < 1.29 is 22.7 Å². The van der Waals surface area contributed by atoms with Gasteiger partial charge in [0.2, 0.25) is 15.9 Å². The van der Waals surface area contributed by atoms with Crippen molar-refractivity contribution in [3.05, 3.63) is 17.3 Å². The fraction of sp³-hybridized carbons (Fsp3) is 0.632.